The molecule has 0 atom stereocenters. The second kappa shape index (κ2) is 8.86. The van der Waals surface area contributed by atoms with E-state index in [1.165, 1.54) is 24.4 Å². The number of hydrogen-bond donors (Lipinski definition) is 2. The minimum absolute atomic E-state index is 0.104. The van der Waals surface area contributed by atoms with E-state index in [-0.39, 0.29) is 17.8 Å². The van der Waals surface area contributed by atoms with Crippen LogP contribution in [-0.4, -0.2) is 29.5 Å². The lowest BCUT2D eigenvalue weighted by Gasteiger charge is -2.05. The van der Waals surface area contributed by atoms with Crippen molar-refractivity contribution in [2.75, 3.05) is 6.54 Å². The van der Waals surface area contributed by atoms with Gasteiger partial charge in [-0.05, 0) is 30.7 Å². The zero-order valence-corrected chi connectivity index (χ0v) is 15.3. The standard InChI is InChI=1S/C17H15BrN4O4/c1-11-5-6-13(8-15(11)22(25)26)17(24)19-10-16(23)21-20-9-12-3-2-4-14(18)7-12/h2-9H,10H2,1H3,(H,19,24)(H,21,23)/b20-9+. The molecular formula is C17H15BrN4O4. The van der Waals surface area contributed by atoms with Crippen LogP contribution in [0.15, 0.2) is 52.0 Å². The molecule has 0 aromatic heterocycles. The highest BCUT2D eigenvalue weighted by molar-refractivity contribution is 9.10. The first-order valence-electron chi connectivity index (χ1n) is 7.47. The summed E-state index contributed by atoms with van der Waals surface area (Å²) in [5, 5.41) is 17.1. The molecule has 2 amide bonds. The van der Waals surface area contributed by atoms with Crippen LogP contribution in [0, 0.1) is 17.0 Å². The lowest BCUT2D eigenvalue weighted by Crippen LogP contribution is -2.34. The molecule has 0 saturated heterocycles. The van der Waals surface area contributed by atoms with Gasteiger partial charge in [0.1, 0.15) is 0 Å². The highest BCUT2D eigenvalue weighted by atomic mass is 79.9. The first kappa shape index (κ1) is 19.3. The molecule has 8 nitrogen and oxygen atoms in total. The predicted octanol–water partition coefficient (Wildman–Crippen LogP) is 2.55. The van der Waals surface area contributed by atoms with Crippen molar-refractivity contribution in [1.82, 2.24) is 10.7 Å². The molecule has 26 heavy (non-hydrogen) atoms. The monoisotopic (exact) mass is 418 g/mol. The van der Waals surface area contributed by atoms with E-state index in [1.807, 2.05) is 24.3 Å². The van der Waals surface area contributed by atoms with Gasteiger partial charge in [-0.25, -0.2) is 5.43 Å². The quantitative estimate of drug-likeness (QED) is 0.426. The molecule has 0 radical (unpaired) electrons. The Bertz CT molecular complexity index is 883. The van der Waals surface area contributed by atoms with E-state index in [0.29, 0.717) is 5.56 Å². The van der Waals surface area contributed by atoms with Crippen LogP contribution in [0.25, 0.3) is 0 Å². The van der Waals surface area contributed by atoms with Crippen molar-refractivity contribution in [2.24, 2.45) is 5.10 Å². The molecule has 2 rings (SSSR count). The number of carbonyl (C=O) groups is 2. The summed E-state index contributed by atoms with van der Waals surface area (Å²) in [5.41, 5.74) is 3.48. The second-order valence-electron chi connectivity index (χ2n) is 5.29. The van der Waals surface area contributed by atoms with E-state index in [9.17, 15) is 19.7 Å². The fourth-order valence-electron chi connectivity index (χ4n) is 2.02. The van der Waals surface area contributed by atoms with Gasteiger partial charge in [0, 0.05) is 21.7 Å². The molecule has 0 aliphatic rings. The molecule has 0 unspecified atom stereocenters. The number of nitro benzene ring substituents is 1. The second-order valence-corrected chi connectivity index (χ2v) is 6.20. The molecule has 2 N–H and O–H groups in total. The van der Waals surface area contributed by atoms with E-state index < -0.39 is 16.7 Å². The Hall–Kier alpha value is -3.07. The molecule has 0 spiro atoms. The number of nitro groups is 1. The van der Waals surface area contributed by atoms with Crippen molar-refractivity contribution in [2.45, 2.75) is 6.92 Å². The molecule has 134 valence electrons. The third-order valence-electron chi connectivity index (χ3n) is 3.33. The van der Waals surface area contributed by atoms with Gasteiger partial charge >= 0.3 is 0 Å². The highest BCUT2D eigenvalue weighted by Crippen LogP contribution is 2.19. The van der Waals surface area contributed by atoms with Gasteiger partial charge in [0.25, 0.3) is 17.5 Å². The predicted molar refractivity (Wildman–Crippen MR) is 100 cm³/mol. The summed E-state index contributed by atoms with van der Waals surface area (Å²) in [7, 11) is 0. The zero-order chi connectivity index (χ0) is 19.1. The highest BCUT2D eigenvalue weighted by Gasteiger charge is 2.15. The lowest BCUT2D eigenvalue weighted by atomic mass is 10.1. The molecule has 0 heterocycles. The van der Waals surface area contributed by atoms with Crippen molar-refractivity contribution in [3.05, 3.63) is 73.7 Å². The van der Waals surface area contributed by atoms with Crippen molar-refractivity contribution in [3.8, 4) is 0 Å². The van der Waals surface area contributed by atoms with Crippen molar-refractivity contribution >= 4 is 39.6 Å². The van der Waals surface area contributed by atoms with Crippen LogP contribution in [0.5, 0.6) is 0 Å². The van der Waals surface area contributed by atoms with E-state index >= 15 is 0 Å². The number of aryl methyl sites for hydroxylation is 1. The van der Waals surface area contributed by atoms with Gasteiger partial charge in [0.05, 0.1) is 17.7 Å². The molecule has 2 aromatic carbocycles. The number of carbonyl (C=O) groups excluding carboxylic acids is 2. The SMILES string of the molecule is Cc1ccc(C(=O)NCC(=O)N/N=C/c2cccc(Br)c2)cc1[N+](=O)[O-]. The van der Waals surface area contributed by atoms with E-state index in [2.05, 4.69) is 31.8 Å². The van der Waals surface area contributed by atoms with Gasteiger partial charge in [-0.2, -0.15) is 5.10 Å². The number of hydrogen-bond acceptors (Lipinski definition) is 5. The minimum atomic E-state index is -0.584. The third-order valence-corrected chi connectivity index (χ3v) is 3.82. The maximum atomic E-state index is 12.0. The molecule has 9 heteroatoms. The van der Waals surface area contributed by atoms with Crippen molar-refractivity contribution in [1.29, 1.82) is 0 Å². The first-order chi connectivity index (χ1) is 12.4. The maximum Gasteiger partial charge on any atom is 0.273 e. The van der Waals surface area contributed by atoms with E-state index in [1.54, 1.807) is 6.92 Å². The smallest absolute Gasteiger partial charge is 0.273 e. The Morgan fingerprint density at radius 1 is 1.27 bits per heavy atom. The summed E-state index contributed by atoms with van der Waals surface area (Å²) >= 11 is 3.33. The molecule has 0 bridgehead atoms. The van der Waals surface area contributed by atoms with Crippen LogP contribution in [-0.2, 0) is 4.79 Å². The number of halogens is 1. The largest absolute Gasteiger partial charge is 0.343 e. The van der Waals surface area contributed by atoms with Gasteiger partial charge in [-0.3, -0.25) is 19.7 Å². The van der Waals surface area contributed by atoms with E-state index in [4.69, 9.17) is 0 Å². The van der Waals surface area contributed by atoms with Crippen LogP contribution >= 0.6 is 15.9 Å². The molecule has 0 saturated carbocycles. The molecule has 0 fully saturated rings. The van der Waals surface area contributed by atoms with Crippen LogP contribution in [0.4, 0.5) is 5.69 Å². The maximum absolute atomic E-state index is 12.0. The third kappa shape index (κ3) is 5.49. The van der Waals surface area contributed by atoms with Crippen LogP contribution in [0.1, 0.15) is 21.5 Å². The van der Waals surface area contributed by atoms with Crippen molar-refractivity contribution < 1.29 is 14.5 Å². The molecule has 2 aromatic rings. The topological polar surface area (TPSA) is 114 Å². The van der Waals surface area contributed by atoms with Crippen molar-refractivity contribution in [3.63, 3.8) is 0 Å². The number of amides is 2. The average molecular weight is 419 g/mol. The summed E-state index contributed by atoms with van der Waals surface area (Å²) in [6, 6.07) is 11.4. The zero-order valence-electron chi connectivity index (χ0n) is 13.7. The van der Waals surface area contributed by atoms with Gasteiger partial charge in [-0.15, -0.1) is 0 Å². The summed E-state index contributed by atoms with van der Waals surface area (Å²) in [5.74, 6) is -1.11. The summed E-state index contributed by atoms with van der Waals surface area (Å²) in [6.45, 7) is 1.27. The van der Waals surface area contributed by atoms with Gasteiger partial charge < -0.3 is 5.32 Å². The Labute approximate surface area is 157 Å². The fourth-order valence-corrected chi connectivity index (χ4v) is 2.43. The normalized spacial score (nSPS) is 10.5. The molecular weight excluding hydrogens is 404 g/mol. The lowest BCUT2D eigenvalue weighted by molar-refractivity contribution is -0.385. The number of nitrogens with zero attached hydrogens (tertiary/aromatic N) is 2. The van der Waals surface area contributed by atoms with Gasteiger partial charge in [0.2, 0.25) is 0 Å². The van der Waals surface area contributed by atoms with Gasteiger partial charge in [-0.1, -0.05) is 34.1 Å². The summed E-state index contributed by atoms with van der Waals surface area (Å²) in [4.78, 5) is 34.1. The minimum Gasteiger partial charge on any atom is -0.343 e. The Balaban J connectivity index is 1.88. The molecule has 0 aliphatic carbocycles. The number of nitrogens with one attached hydrogen (secondary N) is 2. The Morgan fingerprint density at radius 3 is 2.73 bits per heavy atom. The fraction of sp³-hybridized carbons (Fsp3) is 0.118. The molecule has 0 aliphatic heterocycles. The van der Waals surface area contributed by atoms with Gasteiger partial charge in [0.15, 0.2) is 0 Å². The van der Waals surface area contributed by atoms with E-state index in [0.717, 1.165) is 10.0 Å². The number of rotatable bonds is 6. The summed E-state index contributed by atoms with van der Waals surface area (Å²) < 4.78 is 0.882. The summed E-state index contributed by atoms with van der Waals surface area (Å²) in [6.07, 6.45) is 1.47. The number of hydrazone groups is 1. The Morgan fingerprint density at radius 2 is 2.04 bits per heavy atom. The average Bonchev–Trinajstić information content (AvgIpc) is 2.60. The first-order valence-corrected chi connectivity index (χ1v) is 8.27. The van der Waals surface area contributed by atoms with Crippen LogP contribution in [0.3, 0.4) is 0 Å². The van der Waals surface area contributed by atoms with Crippen LogP contribution in [0.2, 0.25) is 0 Å². The van der Waals surface area contributed by atoms with Crippen LogP contribution < -0.4 is 10.7 Å². The number of benzene rings is 2. The Kier molecular flexibility index (Phi) is 6.56.